The van der Waals surface area contributed by atoms with Crippen molar-refractivity contribution in [2.24, 2.45) is 12.0 Å². The highest BCUT2D eigenvalue weighted by atomic mass is 16.2. The standard InChI is InChI=1S/C17H27N7O2/c1-5-6-19-17(20-13-14(25)21(2)3)24-11-9-23(10-12-24)15-16(26)22(4)8-7-18-15/h5,7-8H,1,6,9-13H2,2-4H3,(H,19,20). The molecule has 1 N–H and O–H groups in total. The first-order valence-electron chi connectivity index (χ1n) is 8.55. The van der Waals surface area contributed by atoms with Crippen LogP contribution in [0.1, 0.15) is 0 Å². The maximum atomic E-state index is 12.2. The largest absolute Gasteiger partial charge is 0.353 e. The van der Waals surface area contributed by atoms with Gasteiger partial charge in [-0.1, -0.05) is 6.08 Å². The van der Waals surface area contributed by atoms with Gasteiger partial charge in [0, 0.05) is 66.3 Å². The molecule has 0 aromatic carbocycles. The van der Waals surface area contributed by atoms with Crippen LogP contribution < -0.4 is 15.8 Å². The summed E-state index contributed by atoms with van der Waals surface area (Å²) >= 11 is 0. The number of carbonyl (C=O) groups excluding carboxylic acids is 1. The number of anilines is 1. The molecule has 0 bridgehead atoms. The predicted octanol–water partition coefficient (Wildman–Crippen LogP) is -0.878. The molecule has 0 saturated carbocycles. The number of carbonyl (C=O) groups is 1. The molecule has 0 atom stereocenters. The molecule has 1 aromatic heterocycles. The number of hydrogen-bond donors (Lipinski definition) is 1. The molecule has 0 unspecified atom stereocenters. The Morgan fingerprint density at radius 2 is 2.08 bits per heavy atom. The third-order valence-electron chi connectivity index (χ3n) is 4.14. The van der Waals surface area contributed by atoms with E-state index in [9.17, 15) is 9.59 Å². The Balaban J connectivity index is 2.05. The zero-order valence-electron chi connectivity index (χ0n) is 15.7. The lowest BCUT2D eigenvalue weighted by Crippen LogP contribution is -2.54. The van der Waals surface area contributed by atoms with Crippen LogP contribution in [0.5, 0.6) is 0 Å². The number of aromatic nitrogens is 2. The van der Waals surface area contributed by atoms with Crippen LogP contribution in [-0.2, 0) is 11.8 Å². The van der Waals surface area contributed by atoms with Crippen molar-refractivity contribution >= 4 is 17.7 Å². The molecule has 2 heterocycles. The van der Waals surface area contributed by atoms with E-state index in [1.165, 1.54) is 9.47 Å². The van der Waals surface area contributed by atoms with Crippen molar-refractivity contribution in [1.29, 1.82) is 0 Å². The molecule has 2 rings (SSSR count). The van der Waals surface area contributed by atoms with Gasteiger partial charge in [-0.2, -0.15) is 0 Å². The predicted molar refractivity (Wildman–Crippen MR) is 102 cm³/mol. The number of amides is 1. The average Bonchev–Trinajstić information content (AvgIpc) is 2.64. The van der Waals surface area contributed by atoms with E-state index < -0.39 is 0 Å². The molecule has 0 radical (unpaired) electrons. The van der Waals surface area contributed by atoms with Gasteiger partial charge in [-0.05, 0) is 0 Å². The second-order valence-electron chi connectivity index (χ2n) is 6.24. The lowest BCUT2D eigenvalue weighted by Gasteiger charge is -2.36. The Bertz CT molecular complexity index is 718. The molecule has 1 aromatic rings. The van der Waals surface area contributed by atoms with E-state index in [4.69, 9.17) is 0 Å². The van der Waals surface area contributed by atoms with Crippen LogP contribution in [-0.4, -0.2) is 84.6 Å². The summed E-state index contributed by atoms with van der Waals surface area (Å²) in [5.41, 5.74) is -0.101. The lowest BCUT2D eigenvalue weighted by atomic mass is 10.3. The summed E-state index contributed by atoms with van der Waals surface area (Å²) in [5.74, 6) is 1.09. The summed E-state index contributed by atoms with van der Waals surface area (Å²) < 4.78 is 1.53. The average molecular weight is 361 g/mol. The van der Waals surface area contributed by atoms with E-state index in [0.717, 1.165) is 0 Å². The summed E-state index contributed by atoms with van der Waals surface area (Å²) in [6.07, 6.45) is 5.03. The summed E-state index contributed by atoms with van der Waals surface area (Å²) in [7, 11) is 5.14. The van der Waals surface area contributed by atoms with Gasteiger partial charge in [0.15, 0.2) is 11.8 Å². The highest BCUT2D eigenvalue weighted by molar-refractivity contribution is 5.85. The number of aliphatic imine (C=N–C) groups is 1. The van der Waals surface area contributed by atoms with E-state index >= 15 is 0 Å². The number of aryl methyl sites for hydroxylation is 1. The topological polar surface area (TPSA) is 86.1 Å². The Morgan fingerprint density at radius 1 is 1.38 bits per heavy atom. The maximum Gasteiger partial charge on any atom is 0.293 e. The molecule has 9 nitrogen and oxygen atoms in total. The summed E-state index contributed by atoms with van der Waals surface area (Å²) in [5, 5.41) is 3.20. The van der Waals surface area contributed by atoms with Gasteiger partial charge >= 0.3 is 0 Å². The zero-order valence-corrected chi connectivity index (χ0v) is 15.7. The molecule has 0 aliphatic carbocycles. The Morgan fingerprint density at radius 3 is 2.69 bits per heavy atom. The molecule has 142 valence electrons. The molecular formula is C17H27N7O2. The second-order valence-corrected chi connectivity index (χ2v) is 6.24. The quantitative estimate of drug-likeness (QED) is 0.417. The number of rotatable bonds is 5. The first-order chi connectivity index (χ1) is 12.4. The number of nitrogens with one attached hydrogen (secondary N) is 1. The van der Waals surface area contributed by atoms with Gasteiger partial charge < -0.3 is 24.6 Å². The molecule has 1 fully saturated rings. The minimum atomic E-state index is -0.101. The SMILES string of the molecule is C=CCNC(=NCC(=O)N(C)C)N1CCN(c2nccn(C)c2=O)CC1. The maximum absolute atomic E-state index is 12.2. The highest BCUT2D eigenvalue weighted by Gasteiger charge is 2.22. The van der Waals surface area contributed by atoms with Crippen molar-refractivity contribution in [2.45, 2.75) is 0 Å². The van der Waals surface area contributed by atoms with Crippen LogP contribution in [0.15, 0.2) is 34.8 Å². The van der Waals surface area contributed by atoms with Crippen LogP contribution in [0.25, 0.3) is 0 Å². The van der Waals surface area contributed by atoms with Crippen molar-refractivity contribution in [3.05, 3.63) is 35.4 Å². The van der Waals surface area contributed by atoms with Crippen LogP contribution >= 0.6 is 0 Å². The second kappa shape index (κ2) is 9.02. The molecular weight excluding hydrogens is 334 g/mol. The number of guanidine groups is 1. The minimum Gasteiger partial charge on any atom is -0.353 e. The summed E-state index contributed by atoms with van der Waals surface area (Å²) in [6.45, 7) is 7.03. The molecule has 9 heteroatoms. The van der Waals surface area contributed by atoms with E-state index in [0.29, 0.717) is 44.5 Å². The molecule has 1 saturated heterocycles. The number of nitrogens with zero attached hydrogens (tertiary/aromatic N) is 6. The van der Waals surface area contributed by atoms with E-state index in [1.807, 2.05) is 4.90 Å². The first-order valence-corrected chi connectivity index (χ1v) is 8.55. The molecule has 0 spiro atoms. The van der Waals surface area contributed by atoms with Crippen molar-refractivity contribution in [3.8, 4) is 0 Å². The van der Waals surface area contributed by atoms with Crippen LogP contribution in [0, 0.1) is 0 Å². The van der Waals surface area contributed by atoms with E-state index in [1.54, 1.807) is 39.6 Å². The van der Waals surface area contributed by atoms with Crippen molar-refractivity contribution in [1.82, 2.24) is 24.7 Å². The molecule has 1 aliphatic heterocycles. The van der Waals surface area contributed by atoms with Gasteiger partial charge in [0.05, 0.1) is 0 Å². The van der Waals surface area contributed by atoms with Crippen LogP contribution in [0.3, 0.4) is 0 Å². The summed E-state index contributed by atoms with van der Waals surface area (Å²) in [6, 6.07) is 0. The highest BCUT2D eigenvalue weighted by Crippen LogP contribution is 2.09. The van der Waals surface area contributed by atoms with Crippen molar-refractivity contribution < 1.29 is 4.79 Å². The first kappa shape index (κ1) is 19.5. The Kier molecular flexibility index (Phi) is 6.76. The lowest BCUT2D eigenvalue weighted by molar-refractivity contribution is -0.127. The van der Waals surface area contributed by atoms with Crippen molar-refractivity contribution in [3.63, 3.8) is 0 Å². The van der Waals surface area contributed by atoms with Gasteiger partial charge in [-0.15, -0.1) is 6.58 Å². The normalized spacial score (nSPS) is 15.0. The minimum absolute atomic E-state index is 0.0569. The number of likely N-dealkylation sites (N-methyl/N-ethyl adjacent to an activating group) is 1. The fourth-order valence-electron chi connectivity index (χ4n) is 2.55. The van der Waals surface area contributed by atoms with Crippen LogP contribution in [0.2, 0.25) is 0 Å². The fraction of sp³-hybridized carbons (Fsp3) is 0.529. The fourth-order valence-corrected chi connectivity index (χ4v) is 2.55. The Hall–Kier alpha value is -2.84. The monoisotopic (exact) mass is 361 g/mol. The Labute approximate surface area is 153 Å². The van der Waals surface area contributed by atoms with Gasteiger partial charge in [-0.3, -0.25) is 9.59 Å². The number of piperazine rings is 1. The third kappa shape index (κ3) is 4.84. The molecule has 26 heavy (non-hydrogen) atoms. The van der Waals surface area contributed by atoms with Gasteiger partial charge in [0.1, 0.15) is 6.54 Å². The zero-order chi connectivity index (χ0) is 19.1. The van der Waals surface area contributed by atoms with E-state index in [-0.39, 0.29) is 18.0 Å². The van der Waals surface area contributed by atoms with Gasteiger partial charge in [-0.25, -0.2) is 9.98 Å². The number of hydrogen-bond acceptors (Lipinski definition) is 5. The van der Waals surface area contributed by atoms with Crippen LogP contribution in [0.4, 0.5) is 5.82 Å². The smallest absolute Gasteiger partial charge is 0.293 e. The van der Waals surface area contributed by atoms with E-state index in [2.05, 4.69) is 26.8 Å². The van der Waals surface area contributed by atoms with Gasteiger partial charge in [0.25, 0.3) is 5.56 Å². The molecule has 1 amide bonds. The third-order valence-corrected chi connectivity index (χ3v) is 4.14. The molecule has 1 aliphatic rings. The summed E-state index contributed by atoms with van der Waals surface area (Å²) in [4.78, 5) is 38.3. The van der Waals surface area contributed by atoms with Gasteiger partial charge in [0.2, 0.25) is 5.91 Å². The van der Waals surface area contributed by atoms with Crippen molar-refractivity contribution in [2.75, 3.05) is 58.3 Å².